The highest BCUT2D eigenvalue weighted by Crippen LogP contribution is 2.50. The number of thiophene rings is 1. The number of hydrogen-bond donors (Lipinski definition) is 1. The lowest BCUT2D eigenvalue weighted by Crippen LogP contribution is -2.64. The normalized spacial score (nSPS) is 21.9. The summed E-state index contributed by atoms with van der Waals surface area (Å²) >= 11 is 1.76. The van der Waals surface area contributed by atoms with E-state index in [1.54, 1.807) is 11.3 Å². The zero-order chi connectivity index (χ0) is 25.2. The molecule has 2 aliphatic heterocycles. The van der Waals surface area contributed by atoms with E-state index in [2.05, 4.69) is 70.7 Å². The molecule has 0 radical (unpaired) electrons. The van der Waals surface area contributed by atoms with Gasteiger partial charge in [-0.05, 0) is 82.6 Å². The van der Waals surface area contributed by atoms with Crippen molar-refractivity contribution in [3.8, 4) is 5.75 Å². The second-order valence-corrected chi connectivity index (χ2v) is 12.0. The van der Waals surface area contributed by atoms with Gasteiger partial charge in [0.15, 0.2) is 0 Å². The summed E-state index contributed by atoms with van der Waals surface area (Å²) in [5, 5.41) is 5.38. The number of piperidine rings is 1. The molecule has 0 bridgehead atoms. The van der Waals surface area contributed by atoms with E-state index in [1.165, 1.54) is 10.4 Å². The molecule has 5 rings (SSSR count). The number of morpholine rings is 1. The lowest BCUT2D eigenvalue weighted by Gasteiger charge is -2.51. The predicted molar refractivity (Wildman–Crippen MR) is 145 cm³/mol. The summed E-state index contributed by atoms with van der Waals surface area (Å²) < 4.78 is 13.2. The Labute approximate surface area is 220 Å². The van der Waals surface area contributed by atoms with Crippen LogP contribution in [0.3, 0.4) is 0 Å². The SMILES string of the molecule is CNCCC(Oc1ccccc1CCN1CCC2(CC1)CN(C(C)C)C(=O)C1(CC1)O2)c1cccs1. The molecular formula is C29H41N3O3S. The summed E-state index contributed by atoms with van der Waals surface area (Å²) in [6, 6.07) is 13.0. The summed E-state index contributed by atoms with van der Waals surface area (Å²) in [7, 11) is 1.99. The molecule has 2 saturated heterocycles. The molecule has 1 N–H and O–H groups in total. The van der Waals surface area contributed by atoms with Crippen molar-refractivity contribution < 1.29 is 14.3 Å². The number of carbonyl (C=O) groups is 1. The van der Waals surface area contributed by atoms with E-state index < -0.39 is 5.60 Å². The van der Waals surface area contributed by atoms with E-state index in [0.717, 1.165) is 77.0 Å². The molecule has 1 atom stereocenters. The Balaban J connectivity index is 1.19. The van der Waals surface area contributed by atoms with Crippen LogP contribution in [0.4, 0.5) is 0 Å². The minimum absolute atomic E-state index is 0.0678. The van der Waals surface area contributed by atoms with Crippen molar-refractivity contribution in [1.29, 1.82) is 0 Å². The van der Waals surface area contributed by atoms with Gasteiger partial charge in [-0.25, -0.2) is 0 Å². The third kappa shape index (κ3) is 5.49. The van der Waals surface area contributed by atoms with E-state index in [1.807, 2.05) is 7.05 Å². The van der Waals surface area contributed by atoms with Gasteiger partial charge in [0.05, 0.1) is 12.1 Å². The molecule has 3 fully saturated rings. The van der Waals surface area contributed by atoms with Crippen molar-refractivity contribution in [1.82, 2.24) is 15.1 Å². The van der Waals surface area contributed by atoms with Crippen LogP contribution in [0.15, 0.2) is 41.8 Å². The van der Waals surface area contributed by atoms with Gasteiger partial charge in [0, 0.05) is 37.0 Å². The number of para-hydroxylation sites is 1. The fourth-order valence-corrected chi connectivity index (χ4v) is 6.48. The average molecular weight is 512 g/mol. The van der Waals surface area contributed by atoms with Gasteiger partial charge in [-0.3, -0.25) is 4.79 Å². The Morgan fingerprint density at radius 1 is 1.11 bits per heavy atom. The molecule has 1 aliphatic carbocycles. The molecular weight excluding hydrogens is 470 g/mol. The standard InChI is InChI=1S/C29H41N3O3S/c1-22(2)32-21-28(35-29(12-13-29)27(32)33)14-18-31(19-15-28)17-11-23-7-4-5-8-24(23)34-25(10-16-30-3)26-9-6-20-36-26/h4-9,20,22,25,30H,10-19,21H2,1-3H3. The van der Waals surface area contributed by atoms with Crippen LogP contribution in [0.25, 0.3) is 0 Å². The summed E-state index contributed by atoms with van der Waals surface area (Å²) in [4.78, 5) is 18.8. The summed E-state index contributed by atoms with van der Waals surface area (Å²) in [6.45, 7) is 8.95. The Kier molecular flexibility index (Phi) is 7.73. The fraction of sp³-hybridized carbons (Fsp3) is 0.621. The van der Waals surface area contributed by atoms with Crippen molar-refractivity contribution in [3.63, 3.8) is 0 Å². The maximum absolute atomic E-state index is 12.9. The van der Waals surface area contributed by atoms with E-state index in [-0.39, 0.29) is 23.7 Å². The predicted octanol–water partition coefficient (Wildman–Crippen LogP) is 4.65. The Bertz CT molecular complexity index is 1010. The summed E-state index contributed by atoms with van der Waals surface area (Å²) in [6.07, 6.45) is 5.74. The smallest absolute Gasteiger partial charge is 0.255 e. The summed E-state index contributed by atoms with van der Waals surface area (Å²) in [5.41, 5.74) is 0.590. The van der Waals surface area contributed by atoms with E-state index in [4.69, 9.17) is 9.47 Å². The highest BCUT2D eigenvalue weighted by atomic mass is 32.1. The number of hydrogen-bond acceptors (Lipinski definition) is 6. The first kappa shape index (κ1) is 25.7. The van der Waals surface area contributed by atoms with Gasteiger partial charge in [-0.1, -0.05) is 24.3 Å². The number of carbonyl (C=O) groups excluding carboxylic acids is 1. The van der Waals surface area contributed by atoms with Crippen molar-refractivity contribution >= 4 is 17.2 Å². The van der Waals surface area contributed by atoms with E-state index >= 15 is 0 Å². The number of ether oxygens (including phenoxy) is 2. The quantitative estimate of drug-likeness (QED) is 0.503. The molecule has 1 unspecified atom stereocenters. The first-order valence-electron chi connectivity index (χ1n) is 13.6. The van der Waals surface area contributed by atoms with Gasteiger partial charge in [0.25, 0.3) is 5.91 Å². The Hall–Kier alpha value is -1.93. The molecule has 3 aliphatic rings. The van der Waals surface area contributed by atoms with Crippen LogP contribution in [0.1, 0.15) is 62.5 Å². The maximum atomic E-state index is 12.9. The number of likely N-dealkylation sites (tertiary alicyclic amines) is 1. The molecule has 2 spiro atoms. The largest absolute Gasteiger partial charge is 0.485 e. The molecule has 3 heterocycles. The lowest BCUT2D eigenvalue weighted by molar-refractivity contribution is -0.203. The zero-order valence-corrected chi connectivity index (χ0v) is 22.8. The van der Waals surface area contributed by atoms with Gasteiger partial charge >= 0.3 is 0 Å². The molecule has 1 aromatic heterocycles. The molecule has 6 nitrogen and oxygen atoms in total. The molecule has 1 aromatic carbocycles. The third-order valence-corrected chi connectivity index (χ3v) is 9.04. The lowest BCUT2D eigenvalue weighted by atomic mass is 9.87. The van der Waals surface area contributed by atoms with Crippen LogP contribution in [0.5, 0.6) is 5.75 Å². The van der Waals surface area contributed by atoms with E-state index in [0.29, 0.717) is 0 Å². The number of benzene rings is 1. The van der Waals surface area contributed by atoms with Crippen LogP contribution in [0.2, 0.25) is 0 Å². The van der Waals surface area contributed by atoms with Gasteiger partial charge in [0.2, 0.25) is 0 Å². The van der Waals surface area contributed by atoms with Crippen molar-refractivity contribution in [3.05, 3.63) is 52.2 Å². The van der Waals surface area contributed by atoms with Crippen LogP contribution in [-0.2, 0) is 16.0 Å². The van der Waals surface area contributed by atoms with Gasteiger partial charge in [0.1, 0.15) is 17.5 Å². The number of amides is 1. The molecule has 2 aromatic rings. The van der Waals surface area contributed by atoms with Gasteiger partial charge in [-0.15, -0.1) is 11.3 Å². The average Bonchev–Trinajstić information content (AvgIpc) is 3.42. The van der Waals surface area contributed by atoms with Crippen LogP contribution in [-0.4, -0.2) is 72.7 Å². The van der Waals surface area contributed by atoms with Crippen molar-refractivity contribution in [2.45, 2.75) is 75.7 Å². The molecule has 7 heteroatoms. The number of nitrogens with zero attached hydrogens (tertiary/aromatic N) is 2. The zero-order valence-electron chi connectivity index (χ0n) is 22.0. The maximum Gasteiger partial charge on any atom is 0.255 e. The van der Waals surface area contributed by atoms with Crippen LogP contribution >= 0.6 is 11.3 Å². The fourth-order valence-electron chi connectivity index (χ4n) is 5.69. The number of rotatable bonds is 10. The minimum atomic E-state index is -0.507. The Morgan fingerprint density at radius 2 is 1.89 bits per heavy atom. The first-order chi connectivity index (χ1) is 17.4. The monoisotopic (exact) mass is 511 g/mol. The molecule has 196 valence electrons. The Morgan fingerprint density at radius 3 is 2.56 bits per heavy atom. The third-order valence-electron chi connectivity index (χ3n) is 8.07. The van der Waals surface area contributed by atoms with Gasteiger partial charge < -0.3 is 24.6 Å². The van der Waals surface area contributed by atoms with Crippen molar-refractivity contribution in [2.24, 2.45) is 0 Å². The second kappa shape index (κ2) is 10.8. The van der Waals surface area contributed by atoms with E-state index in [9.17, 15) is 4.79 Å². The molecule has 36 heavy (non-hydrogen) atoms. The second-order valence-electron chi connectivity index (χ2n) is 11.0. The first-order valence-corrected chi connectivity index (χ1v) is 14.5. The molecule has 1 saturated carbocycles. The van der Waals surface area contributed by atoms with Gasteiger partial charge in [-0.2, -0.15) is 0 Å². The highest BCUT2D eigenvalue weighted by Gasteiger charge is 2.62. The highest BCUT2D eigenvalue weighted by molar-refractivity contribution is 7.10. The van der Waals surface area contributed by atoms with Crippen LogP contribution < -0.4 is 10.1 Å². The minimum Gasteiger partial charge on any atom is -0.485 e. The number of nitrogens with one attached hydrogen (secondary N) is 1. The summed E-state index contributed by atoms with van der Waals surface area (Å²) in [5.74, 6) is 1.22. The van der Waals surface area contributed by atoms with Crippen LogP contribution in [0, 0.1) is 0 Å². The topological polar surface area (TPSA) is 54.0 Å². The molecule has 1 amide bonds. The van der Waals surface area contributed by atoms with Crippen molar-refractivity contribution in [2.75, 3.05) is 39.8 Å².